The van der Waals surface area contributed by atoms with Crippen molar-refractivity contribution in [3.63, 3.8) is 0 Å². The zero-order chi connectivity index (χ0) is 18.4. The Labute approximate surface area is 160 Å². The van der Waals surface area contributed by atoms with Crippen LogP contribution in [0.1, 0.15) is 24.2 Å². The molecule has 1 unspecified atom stereocenters. The number of ether oxygens (including phenoxy) is 1. The number of nitrogens with one attached hydrogen (secondary N) is 1. The molecule has 132 valence electrons. The lowest BCUT2D eigenvalue weighted by Crippen LogP contribution is -2.22. The van der Waals surface area contributed by atoms with Crippen LogP contribution in [0, 0.1) is 0 Å². The number of benzene rings is 2. The van der Waals surface area contributed by atoms with Gasteiger partial charge in [0.15, 0.2) is 0 Å². The summed E-state index contributed by atoms with van der Waals surface area (Å²) in [4.78, 5) is 25.2. The number of thioether (sulfide) groups is 1. The van der Waals surface area contributed by atoms with Crippen LogP contribution in [0.4, 0.5) is 5.69 Å². The standard InChI is InChI=1S/C18H17Cl2NO3S/c1-3-24-18(23)15-10-13(6-9-16(15)20)21-17(22)11(2)25-14-7-4-12(19)5-8-14/h4-11H,3H2,1-2H3,(H,21,22). The molecule has 0 aromatic heterocycles. The molecule has 2 rings (SSSR count). The van der Waals surface area contributed by atoms with Crippen molar-refractivity contribution in [2.24, 2.45) is 0 Å². The Balaban J connectivity index is 2.05. The van der Waals surface area contributed by atoms with Crippen LogP contribution in [-0.2, 0) is 9.53 Å². The van der Waals surface area contributed by atoms with E-state index in [4.69, 9.17) is 27.9 Å². The lowest BCUT2D eigenvalue weighted by atomic mass is 10.2. The number of anilines is 1. The molecular formula is C18H17Cl2NO3S. The minimum absolute atomic E-state index is 0.183. The number of amides is 1. The molecular weight excluding hydrogens is 381 g/mol. The summed E-state index contributed by atoms with van der Waals surface area (Å²) in [6, 6.07) is 12.0. The van der Waals surface area contributed by atoms with E-state index >= 15 is 0 Å². The Bertz CT molecular complexity index is 765. The van der Waals surface area contributed by atoms with Crippen LogP contribution in [0.5, 0.6) is 0 Å². The van der Waals surface area contributed by atoms with Gasteiger partial charge in [0, 0.05) is 15.6 Å². The third kappa shape index (κ3) is 5.66. The Kier molecular flexibility index (Phi) is 7.17. The van der Waals surface area contributed by atoms with Gasteiger partial charge in [0.2, 0.25) is 5.91 Å². The first-order chi connectivity index (χ1) is 11.9. The van der Waals surface area contributed by atoms with Crippen molar-refractivity contribution in [1.29, 1.82) is 0 Å². The highest BCUT2D eigenvalue weighted by Crippen LogP contribution is 2.26. The second-order valence-corrected chi connectivity index (χ2v) is 7.38. The Morgan fingerprint density at radius 2 is 1.84 bits per heavy atom. The summed E-state index contributed by atoms with van der Waals surface area (Å²) in [6.45, 7) is 3.77. The molecule has 1 N–H and O–H groups in total. The second-order valence-electron chi connectivity index (χ2n) is 5.12. The summed E-state index contributed by atoms with van der Waals surface area (Å²) in [5.41, 5.74) is 0.709. The van der Waals surface area contributed by atoms with Gasteiger partial charge in [-0.1, -0.05) is 23.2 Å². The Hall–Kier alpha value is -1.69. The van der Waals surface area contributed by atoms with Gasteiger partial charge in [-0.15, -0.1) is 11.8 Å². The summed E-state index contributed by atoms with van der Waals surface area (Å²) in [5, 5.41) is 3.38. The summed E-state index contributed by atoms with van der Waals surface area (Å²) in [5.74, 6) is -0.704. The lowest BCUT2D eigenvalue weighted by molar-refractivity contribution is -0.115. The van der Waals surface area contributed by atoms with Gasteiger partial charge in [-0.3, -0.25) is 4.79 Å². The molecule has 0 radical (unpaired) electrons. The van der Waals surface area contributed by atoms with E-state index in [0.29, 0.717) is 10.7 Å². The van der Waals surface area contributed by atoms with Crippen molar-refractivity contribution >= 4 is 52.5 Å². The molecule has 0 saturated carbocycles. The maximum absolute atomic E-state index is 12.4. The van der Waals surface area contributed by atoms with Gasteiger partial charge >= 0.3 is 5.97 Å². The number of hydrogen-bond donors (Lipinski definition) is 1. The zero-order valence-electron chi connectivity index (χ0n) is 13.7. The molecule has 0 heterocycles. The van der Waals surface area contributed by atoms with E-state index in [1.165, 1.54) is 17.8 Å². The first kappa shape index (κ1) is 19.6. The fraction of sp³-hybridized carbons (Fsp3) is 0.222. The number of esters is 1. The number of carbonyl (C=O) groups is 2. The average molecular weight is 398 g/mol. The van der Waals surface area contributed by atoms with Gasteiger partial charge in [0.1, 0.15) is 0 Å². The monoisotopic (exact) mass is 397 g/mol. The summed E-state index contributed by atoms with van der Waals surface area (Å²) in [7, 11) is 0. The maximum Gasteiger partial charge on any atom is 0.339 e. The van der Waals surface area contributed by atoms with Crippen molar-refractivity contribution in [2.75, 3.05) is 11.9 Å². The van der Waals surface area contributed by atoms with Crippen LogP contribution in [0.15, 0.2) is 47.4 Å². The Morgan fingerprint density at radius 1 is 1.16 bits per heavy atom. The van der Waals surface area contributed by atoms with Crippen LogP contribution in [0.3, 0.4) is 0 Å². The van der Waals surface area contributed by atoms with Crippen molar-refractivity contribution in [3.8, 4) is 0 Å². The molecule has 0 saturated heterocycles. The van der Waals surface area contributed by atoms with E-state index in [9.17, 15) is 9.59 Å². The number of hydrogen-bond acceptors (Lipinski definition) is 4. The lowest BCUT2D eigenvalue weighted by Gasteiger charge is -2.13. The van der Waals surface area contributed by atoms with Crippen molar-refractivity contribution in [3.05, 3.63) is 58.1 Å². The number of carbonyl (C=O) groups excluding carboxylic acids is 2. The molecule has 0 aliphatic carbocycles. The van der Waals surface area contributed by atoms with Gasteiger partial charge in [-0.25, -0.2) is 4.79 Å². The number of rotatable bonds is 6. The first-order valence-electron chi connectivity index (χ1n) is 7.60. The predicted molar refractivity (Wildman–Crippen MR) is 103 cm³/mol. The number of halogens is 2. The minimum atomic E-state index is -0.521. The van der Waals surface area contributed by atoms with Crippen LogP contribution >= 0.6 is 35.0 Å². The molecule has 2 aromatic carbocycles. The third-order valence-corrected chi connectivity index (χ3v) is 4.92. The van der Waals surface area contributed by atoms with Gasteiger partial charge in [0.05, 0.1) is 22.4 Å². The predicted octanol–water partition coefficient (Wildman–Crippen LogP) is 5.29. The normalized spacial score (nSPS) is 11.7. The highest BCUT2D eigenvalue weighted by atomic mass is 35.5. The highest BCUT2D eigenvalue weighted by molar-refractivity contribution is 8.00. The molecule has 0 aliphatic heterocycles. The van der Waals surface area contributed by atoms with Crippen LogP contribution < -0.4 is 5.32 Å². The van der Waals surface area contributed by atoms with Gasteiger partial charge < -0.3 is 10.1 Å². The Morgan fingerprint density at radius 3 is 2.48 bits per heavy atom. The smallest absolute Gasteiger partial charge is 0.339 e. The first-order valence-corrected chi connectivity index (χ1v) is 9.24. The SMILES string of the molecule is CCOC(=O)c1cc(NC(=O)C(C)Sc2ccc(Cl)cc2)ccc1Cl. The van der Waals surface area contributed by atoms with Gasteiger partial charge in [-0.2, -0.15) is 0 Å². The van der Waals surface area contributed by atoms with E-state index in [1.54, 1.807) is 38.1 Å². The van der Waals surface area contributed by atoms with E-state index in [2.05, 4.69) is 5.32 Å². The molecule has 1 amide bonds. The summed E-state index contributed by atoms with van der Waals surface area (Å²) >= 11 is 13.3. The van der Waals surface area contributed by atoms with Gasteiger partial charge in [0.25, 0.3) is 0 Å². The molecule has 7 heteroatoms. The fourth-order valence-electron chi connectivity index (χ4n) is 1.98. The minimum Gasteiger partial charge on any atom is -0.462 e. The molecule has 1 atom stereocenters. The third-order valence-electron chi connectivity index (χ3n) is 3.22. The summed E-state index contributed by atoms with van der Waals surface area (Å²) in [6.07, 6.45) is 0. The molecule has 0 fully saturated rings. The highest BCUT2D eigenvalue weighted by Gasteiger charge is 2.17. The topological polar surface area (TPSA) is 55.4 Å². The largest absolute Gasteiger partial charge is 0.462 e. The van der Waals surface area contributed by atoms with Crippen LogP contribution in [0.2, 0.25) is 10.0 Å². The van der Waals surface area contributed by atoms with Crippen molar-refractivity contribution in [1.82, 2.24) is 0 Å². The summed E-state index contributed by atoms with van der Waals surface area (Å²) < 4.78 is 4.95. The van der Waals surface area contributed by atoms with Crippen molar-refractivity contribution < 1.29 is 14.3 Å². The average Bonchev–Trinajstić information content (AvgIpc) is 2.58. The van der Waals surface area contributed by atoms with Gasteiger partial charge in [-0.05, 0) is 56.3 Å². The van der Waals surface area contributed by atoms with Crippen LogP contribution in [0.25, 0.3) is 0 Å². The fourth-order valence-corrected chi connectivity index (χ4v) is 3.17. The van der Waals surface area contributed by atoms with E-state index in [1.807, 2.05) is 12.1 Å². The zero-order valence-corrected chi connectivity index (χ0v) is 16.0. The maximum atomic E-state index is 12.4. The molecule has 0 spiro atoms. The van der Waals surface area contributed by atoms with Crippen LogP contribution in [-0.4, -0.2) is 23.7 Å². The molecule has 2 aromatic rings. The molecule has 4 nitrogen and oxygen atoms in total. The molecule has 25 heavy (non-hydrogen) atoms. The molecule has 0 aliphatic rings. The van der Waals surface area contributed by atoms with Crippen molar-refractivity contribution in [2.45, 2.75) is 24.0 Å². The molecule has 0 bridgehead atoms. The quantitative estimate of drug-likeness (QED) is 0.531. The van der Waals surface area contributed by atoms with E-state index in [-0.39, 0.29) is 28.4 Å². The van der Waals surface area contributed by atoms with E-state index in [0.717, 1.165) is 4.90 Å². The second kappa shape index (κ2) is 9.13. The van der Waals surface area contributed by atoms with E-state index < -0.39 is 5.97 Å².